The molecule has 1 heterocycles. The maximum atomic E-state index is 12.5. The highest BCUT2D eigenvalue weighted by molar-refractivity contribution is 5.79. The Bertz CT molecular complexity index is 455. The monoisotopic (exact) mass is 292 g/mol. The summed E-state index contributed by atoms with van der Waals surface area (Å²) in [6, 6.07) is 2.12. The van der Waals surface area contributed by atoms with E-state index in [1.807, 2.05) is 16.9 Å². The lowest BCUT2D eigenvalue weighted by atomic mass is 9.61. The standard InChI is InChI=1S/C16H28N4O/c1-12-14(17)7-6-13(16(12,2)3)15(21)18-8-4-10-20-11-5-9-19-20/h5,9,11-14H,4,6-8,10,17H2,1-3H3,(H,18,21). The van der Waals surface area contributed by atoms with E-state index in [9.17, 15) is 4.79 Å². The molecule has 0 spiro atoms. The quantitative estimate of drug-likeness (QED) is 0.813. The molecule has 5 heteroatoms. The smallest absolute Gasteiger partial charge is 0.223 e. The first-order chi connectivity index (χ1) is 9.93. The van der Waals surface area contributed by atoms with Gasteiger partial charge in [0.2, 0.25) is 5.91 Å². The molecule has 1 amide bonds. The first-order valence-corrected chi connectivity index (χ1v) is 7.93. The molecule has 0 saturated heterocycles. The van der Waals surface area contributed by atoms with E-state index in [2.05, 4.69) is 31.2 Å². The van der Waals surface area contributed by atoms with Gasteiger partial charge in [-0.05, 0) is 36.7 Å². The molecule has 5 nitrogen and oxygen atoms in total. The number of nitrogens with zero attached hydrogens (tertiary/aromatic N) is 2. The Hall–Kier alpha value is -1.36. The summed E-state index contributed by atoms with van der Waals surface area (Å²) in [5, 5.41) is 7.24. The summed E-state index contributed by atoms with van der Waals surface area (Å²) >= 11 is 0. The summed E-state index contributed by atoms with van der Waals surface area (Å²) in [6.45, 7) is 8.05. The van der Waals surface area contributed by atoms with Gasteiger partial charge in [0.25, 0.3) is 0 Å². The number of nitrogens with two attached hydrogens (primary N) is 1. The van der Waals surface area contributed by atoms with Crippen LogP contribution in [0, 0.1) is 17.3 Å². The van der Waals surface area contributed by atoms with Crippen LogP contribution in [0.2, 0.25) is 0 Å². The van der Waals surface area contributed by atoms with E-state index in [-0.39, 0.29) is 23.3 Å². The zero-order valence-electron chi connectivity index (χ0n) is 13.4. The lowest BCUT2D eigenvalue weighted by molar-refractivity contribution is -0.132. The lowest BCUT2D eigenvalue weighted by Gasteiger charge is -2.46. The molecular weight excluding hydrogens is 264 g/mol. The number of aryl methyl sites for hydroxylation is 1. The molecule has 1 aliphatic carbocycles. The third kappa shape index (κ3) is 3.64. The van der Waals surface area contributed by atoms with Crippen LogP contribution < -0.4 is 11.1 Å². The molecule has 118 valence electrons. The average molecular weight is 292 g/mol. The van der Waals surface area contributed by atoms with Crippen molar-refractivity contribution in [1.29, 1.82) is 0 Å². The second-order valence-corrected chi connectivity index (χ2v) is 6.82. The van der Waals surface area contributed by atoms with Crippen LogP contribution in [0.3, 0.4) is 0 Å². The van der Waals surface area contributed by atoms with E-state index in [1.54, 1.807) is 6.20 Å². The molecule has 0 aromatic carbocycles. The van der Waals surface area contributed by atoms with Crippen molar-refractivity contribution in [3.05, 3.63) is 18.5 Å². The molecule has 1 aromatic rings. The van der Waals surface area contributed by atoms with Gasteiger partial charge in [0.15, 0.2) is 0 Å². The van der Waals surface area contributed by atoms with Crippen molar-refractivity contribution in [2.24, 2.45) is 23.0 Å². The van der Waals surface area contributed by atoms with Crippen LogP contribution >= 0.6 is 0 Å². The summed E-state index contributed by atoms with van der Waals surface area (Å²) < 4.78 is 1.89. The van der Waals surface area contributed by atoms with Gasteiger partial charge in [0, 0.05) is 37.4 Å². The predicted molar refractivity (Wildman–Crippen MR) is 83.5 cm³/mol. The fourth-order valence-corrected chi connectivity index (χ4v) is 3.33. The summed E-state index contributed by atoms with van der Waals surface area (Å²) in [4.78, 5) is 12.5. The molecule has 21 heavy (non-hydrogen) atoms. The van der Waals surface area contributed by atoms with Crippen molar-refractivity contribution in [2.45, 2.75) is 52.6 Å². The molecule has 3 atom stereocenters. The molecule has 0 radical (unpaired) electrons. The van der Waals surface area contributed by atoms with Crippen LogP contribution in [0.1, 0.15) is 40.0 Å². The number of rotatable bonds is 5. The minimum Gasteiger partial charge on any atom is -0.356 e. The van der Waals surface area contributed by atoms with Crippen LogP contribution in [0.5, 0.6) is 0 Å². The van der Waals surface area contributed by atoms with Crippen molar-refractivity contribution in [2.75, 3.05) is 6.54 Å². The highest BCUT2D eigenvalue weighted by atomic mass is 16.1. The third-order valence-electron chi connectivity index (χ3n) is 5.24. The van der Waals surface area contributed by atoms with Gasteiger partial charge >= 0.3 is 0 Å². The molecular formula is C16H28N4O. The minimum atomic E-state index is -0.0380. The normalized spacial score (nSPS) is 28.3. The maximum Gasteiger partial charge on any atom is 0.223 e. The highest BCUT2D eigenvalue weighted by Crippen LogP contribution is 2.44. The van der Waals surface area contributed by atoms with Crippen LogP contribution in [0.4, 0.5) is 0 Å². The maximum absolute atomic E-state index is 12.5. The van der Waals surface area contributed by atoms with Crippen LogP contribution in [-0.4, -0.2) is 28.3 Å². The summed E-state index contributed by atoms with van der Waals surface area (Å²) in [5.41, 5.74) is 6.11. The van der Waals surface area contributed by atoms with Gasteiger partial charge in [-0.25, -0.2) is 0 Å². The molecule has 1 saturated carbocycles. The third-order valence-corrected chi connectivity index (χ3v) is 5.24. The molecule has 0 bridgehead atoms. The molecule has 1 aromatic heterocycles. The van der Waals surface area contributed by atoms with Gasteiger partial charge in [-0.15, -0.1) is 0 Å². The van der Waals surface area contributed by atoms with Gasteiger partial charge in [0.05, 0.1) is 0 Å². The Kier molecular flexibility index (Phi) is 5.04. The molecule has 1 fully saturated rings. The number of nitrogens with one attached hydrogen (secondary N) is 1. The molecule has 0 aliphatic heterocycles. The van der Waals surface area contributed by atoms with Crippen LogP contribution in [0.25, 0.3) is 0 Å². The molecule has 2 rings (SSSR count). The van der Waals surface area contributed by atoms with Crippen LogP contribution in [0.15, 0.2) is 18.5 Å². The van der Waals surface area contributed by atoms with Crippen LogP contribution in [-0.2, 0) is 11.3 Å². The number of hydrogen-bond acceptors (Lipinski definition) is 3. The van der Waals surface area contributed by atoms with Crippen molar-refractivity contribution in [1.82, 2.24) is 15.1 Å². The van der Waals surface area contributed by atoms with Crippen molar-refractivity contribution in [3.63, 3.8) is 0 Å². The van der Waals surface area contributed by atoms with E-state index in [0.29, 0.717) is 12.5 Å². The Morgan fingerprint density at radius 1 is 1.48 bits per heavy atom. The van der Waals surface area contributed by atoms with E-state index >= 15 is 0 Å². The zero-order valence-corrected chi connectivity index (χ0v) is 13.4. The van der Waals surface area contributed by atoms with E-state index in [0.717, 1.165) is 25.8 Å². The Labute approximate surface area is 127 Å². The number of hydrogen-bond donors (Lipinski definition) is 2. The average Bonchev–Trinajstić information content (AvgIpc) is 2.94. The van der Waals surface area contributed by atoms with Gasteiger partial charge in [-0.3, -0.25) is 9.48 Å². The van der Waals surface area contributed by atoms with Crippen molar-refractivity contribution < 1.29 is 4.79 Å². The topological polar surface area (TPSA) is 72.9 Å². The van der Waals surface area contributed by atoms with E-state index in [4.69, 9.17) is 5.73 Å². The Morgan fingerprint density at radius 2 is 2.24 bits per heavy atom. The predicted octanol–water partition coefficient (Wildman–Crippen LogP) is 1.79. The molecule has 3 unspecified atom stereocenters. The first-order valence-electron chi connectivity index (χ1n) is 7.93. The number of amides is 1. The fourth-order valence-electron chi connectivity index (χ4n) is 3.33. The van der Waals surface area contributed by atoms with E-state index < -0.39 is 0 Å². The van der Waals surface area contributed by atoms with Gasteiger partial charge in [-0.1, -0.05) is 20.8 Å². The lowest BCUT2D eigenvalue weighted by Crippen LogP contribution is -2.51. The molecule has 3 N–H and O–H groups in total. The Balaban J connectivity index is 1.80. The van der Waals surface area contributed by atoms with Gasteiger partial charge in [-0.2, -0.15) is 5.10 Å². The van der Waals surface area contributed by atoms with Gasteiger partial charge < -0.3 is 11.1 Å². The largest absolute Gasteiger partial charge is 0.356 e. The van der Waals surface area contributed by atoms with Crippen molar-refractivity contribution in [3.8, 4) is 0 Å². The number of carbonyl (C=O) groups is 1. The Morgan fingerprint density at radius 3 is 2.90 bits per heavy atom. The van der Waals surface area contributed by atoms with E-state index in [1.165, 1.54) is 0 Å². The second kappa shape index (κ2) is 6.60. The fraction of sp³-hybridized carbons (Fsp3) is 0.750. The summed E-state index contributed by atoms with van der Waals surface area (Å²) in [5.74, 6) is 0.613. The molecule has 1 aliphatic rings. The highest BCUT2D eigenvalue weighted by Gasteiger charge is 2.44. The second-order valence-electron chi connectivity index (χ2n) is 6.82. The van der Waals surface area contributed by atoms with Gasteiger partial charge in [0.1, 0.15) is 0 Å². The SMILES string of the molecule is CC1C(N)CCC(C(=O)NCCCn2cccn2)C1(C)C. The summed E-state index contributed by atoms with van der Waals surface area (Å²) in [7, 11) is 0. The van der Waals surface area contributed by atoms with Crippen molar-refractivity contribution >= 4 is 5.91 Å². The zero-order chi connectivity index (χ0) is 15.5. The first kappa shape index (κ1) is 16.0. The number of aromatic nitrogens is 2. The minimum absolute atomic E-state index is 0.0380. The summed E-state index contributed by atoms with van der Waals surface area (Å²) in [6.07, 6.45) is 6.44. The number of carbonyl (C=O) groups excluding carboxylic acids is 1.